The van der Waals surface area contributed by atoms with E-state index in [-0.39, 0.29) is 0 Å². The molecule has 2 saturated heterocycles. The quantitative estimate of drug-likeness (QED) is 0.894. The Kier molecular flexibility index (Phi) is 3.91. The fourth-order valence-corrected chi connectivity index (χ4v) is 3.45. The van der Waals surface area contributed by atoms with Crippen LogP contribution in [0.25, 0.3) is 0 Å². The Labute approximate surface area is 115 Å². The second-order valence-electron chi connectivity index (χ2n) is 5.89. The summed E-state index contributed by atoms with van der Waals surface area (Å²) in [5, 5.41) is 3.19. The van der Waals surface area contributed by atoms with Crippen LogP contribution in [0.3, 0.4) is 0 Å². The second-order valence-corrected chi connectivity index (χ2v) is 5.89. The van der Waals surface area contributed by atoms with Gasteiger partial charge < -0.3 is 9.73 Å². The SMILES string of the molecule is CNCc1cc(CN2CCN3CCCC3C2)oc1C. The van der Waals surface area contributed by atoms with E-state index >= 15 is 0 Å². The van der Waals surface area contributed by atoms with E-state index in [1.54, 1.807) is 0 Å². The van der Waals surface area contributed by atoms with Crippen molar-refractivity contribution in [2.75, 3.05) is 33.2 Å². The lowest BCUT2D eigenvalue weighted by Crippen LogP contribution is -2.49. The fourth-order valence-electron chi connectivity index (χ4n) is 3.45. The van der Waals surface area contributed by atoms with E-state index < -0.39 is 0 Å². The van der Waals surface area contributed by atoms with E-state index in [1.807, 2.05) is 7.05 Å². The molecule has 2 fully saturated rings. The summed E-state index contributed by atoms with van der Waals surface area (Å²) in [7, 11) is 1.98. The zero-order valence-corrected chi connectivity index (χ0v) is 12.1. The molecule has 2 aliphatic rings. The summed E-state index contributed by atoms with van der Waals surface area (Å²) >= 11 is 0. The first-order valence-electron chi connectivity index (χ1n) is 7.45. The molecule has 2 aliphatic heterocycles. The van der Waals surface area contributed by atoms with Crippen molar-refractivity contribution < 1.29 is 4.42 Å². The van der Waals surface area contributed by atoms with Gasteiger partial charge in [0, 0.05) is 37.8 Å². The zero-order chi connectivity index (χ0) is 13.2. The average molecular weight is 263 g/mol. The number of hydrogen-bond acceptors (Lipinski definition) is 4. The smallest absolute Gasteiger partial charge is 0.118 e. The Morgan fingerprint density at radius 1 is 1.37 bits per heavy atom. The highest BCUT2D eigenvalue weighted by Crippen LogP contribution is 2.23. The molecule has 1 unspecified atom stereocenters. The van der Waals surface area contributed by atoms with Crippen LogP contribution in [-0.2, 0) is 13.1 Å². The third kappa shape index (κ3) is 2.86. The highest BCUT2D eigenvalue weighted by molar-refractivity contribution is 5.20. The van der Waals surface area contributed by atoms with Crippen LogP contribution in [0.5, 0.6) is 0 Å². The molecule has 0 aromatic carbocycles. The Hall–Kier alpha value is -0.840. The minimum absolute atomic E-state index is 0.793. The second kappa shape index (κ2) is 5.65. The van der Waals surface area contributed by atoms with Gasteiger partial charge in [0.05, 0.1) is 6.54 Å². The molecule has 4 nitrogen and oxygen atoms in total. The highest BCUT2D eigenvalue weighted by atomic mass is 16.3. The summed E-state index contributed by atoms with van der Waals surface area (Å²) in [5.74, 6) is 2.18. The Bertz CT molecular complexity index is 429. The van der Waals surface area contributed by atoms with E-state index in [9.17, 15) is 0 Å². The number of rotatable bonds is 4. The predicted octanol–water partition coefficient (Wildman–Crippen LogP) is 1.59. The lowest BCUT2D eigenvalue weighted by molar-refractivity contribution is 0.0939. The van der Waals surface area contributed by atoms with Crippen molar-refractivity contribution >= 4 is 0 Å². The molecule has 0 bridgehead atoms. The molecule has 0 saturated carbocycles. The molecule has 4 heteroatoms. The topological polar surface area (TPSA) is 31.6 Å². The van der Waals surface area contributed by atoms with E-state index in [0.29, 0.717) is 0 Å². The molecule has 1 N–H and O–H groups in total. The van der Waals surface area contributed by atoms with E-state index in [4.69, 9.17) is 4.42 Å². The number of furan rings is 1. The van der Waals surface area contributed by atoms with Gasteiger partial charge in [0.15, 0.2) is 0 Å². The Morgan fingerprint density at radius 3 is 3.11 bits per heavy atom. The van der Waals surface area contributed by atoms with Gasteiger partial charge in [-0.1, -0.05) is 0 Å². The third-order valence-corrected chi connectivity index (χ3v) is 4.49. The summed E-state index contributed by atoms with van der Waals surface area (Å²) in [6.45, 7) is 8.85. The Balaban J connectivity index is 1.60. The first-order valence-corrected chi connectivity index (χ1v) is 7.45. The predicted molar refractivity (Wildman–Crippen MR) is 76.1 cm³/mol. The van der Waals surface area contributed by atoms with Gasteiger partial charge >= 0.3 is 0 Å². The van der Waals surface area contributed by atoms with E-state index in [1.165, 1.54) is 44.6 Å². The van der Waals surface area contributed by atoms with Gasteiger partial charge in [-0.25, -0.2) is 0 Å². The van der Waals surface area contributed by atoms with Crippen LogP contribution in [0, 0.1) is 6.92 Å². The van der Waals surface area contributed by atoms with Crippen LogP contribution in [0.1, 0.15) is 29.9 Å². The number of hydrogen-bond donors (Lipinski definition) is 1. The van der Waals surface area contributed by atoms with Crippen LogP contribution in [-0.4, -0.2) is 49.1 Å². The van der Waals surface area contributed by atoms with Crippen molar-refractivity contribution in [3.05, 3.63) is 23.2 Å². The van der Waals surface area contributed by atoms with E-state index in [0.717, 1.165) is 30.7 Å². The maximum absolute atomic E-state index is 5.89. The molecule has 3 heterocycles. The fraction of sp³-hybridized carbons (Fsp3) is 0.733. The average Bonchev–Trinajstić information content (AvgIpc) is 2.97. The van der Waals surface area contributed by atoms with Crippen LogP contribution in [0.2, 0.25) is 0 Å². The van der Waals surface area contributed by atoms with Crippen molar-refractivity contribution in [1.82, 2.24) is 15.1 Å². The summed E-state index contributed by atoms with van der Waals surface area (Å²) in [5.41, 5.74) is 1.29. The number of nitrogens with one attached hydrogen (secondary N) is 1. The lowest BCUT2D eigenvalue weighted by atomic mass is 10.1. The zero-order valence-electron chi connectivity index (χ0n) is 12.1. The summed E-state index contributed by atoms with van der Waals surface area (Å²) in [6, 6.07) is 3.01. The van der Waals surface area contributed by atoms with Crippen molar-refractivity contribution in [2.24, 2.45) is 0 Å². The minimum atomic E-state index is 0.793. The van der Waals surface area contributed by atoms with Crippen LogP contribution in [0.15, 0.2) is 10.5 Å². The number of nitrogens with zero attached hydrogens (tertiary/aromatic N) is 2. The van der Waals surface area contributed by atoms with Gasteiger partial charge in [-0.15, -0.1) is 0 Å². The summed E-state index contributed by atoms with van der Waals surface area (Å²) in [6.07, 6.45) is 2.75. The summed E-state index contributed by atoms with van der Waals surface area (Å²) < 4.78 is 5.89. The Morgan fingerprint density at radius 2 is 2.26 bits per heavy atom. The number of aryl methyl sites for hydroxylation is 1. The van der Waals surface area contributed by atoms with Gasteiger partial charge in [0.25, 0.3) is 0 Å². The molecule has 0 amide bonds. The maximum Gasteiger partial charge on any atom is 0.118 e. The number of fused-ring (bicyclic) bond motifs is 1. The molecule has 1 aromatic rings. The lowest BCUT2D eigenvalue weighted by Gasteiger charge is -2.37. The first kappa shape index (κ1) is 13.2. The molecule has 106 valence electrons. The number of piperazine rings is 1. The van der Waals surface area contributed by atoms with Crippen molar-refractivity contribution in [2.45, 2.75) is 38.9 Å². The normalized spacial score (nSPS) is 24.8. The van der Waals surface area contributed by atoms with Gasteiger partial charge in [-0.2, -0.15) is 0 Å². The van der Waals surface area contributed by atoms with Gasteiger partial charge in [-0.3, -0.25) is 9.80 Å². The summed E-state index contributed by atoms with van der Waals surface area (Å²) in [4.78, 5) is 5.20. The largest absolute Gasteiger partial charge is 0.465 e. The third-order valence-electron chi connectivity index (χ3n) is 4.49. The van der Waals surface area contributed by atoms with Crippen molar-refractivity contribution in [3.63, 3.8) is 0 Å². The minimum Gasteiger partial charge on any atom is -0.465 e. The molecule has 0 radical (unpaired) electrons. The molecule has 0 aliphatic carbocycles. The first-order chi connectivity index (χ1) is 9.26. The van der Waals surface area contributed by atoms with Crippen LogP contribution in [0.4, 0.5) is 0 Å². The molecule has 1 atom stereocenters. The van der Waals surface area contributed by atoms with Crippen molar-refractivity contribution in [3.8, 4) is 0 Å². The van der Waals surface area contributed by atoms with Gasteiger partial charge in [-0.05, 0) is 39.4 Å². The van der Waals surface area contributed by atoms with E-state index in [2.05, 4.69) is 28.1 Å². The standard InChI is InChI=1S/C15H25N3O/c1-12-13(9-16-2)8-15(19-12)11-17-6-7-18-5-3-4-14(18)10-17/h8,14,16H,3-7,9-11H2,1-2H3. The van der Waals surface area contributed by atoms with Gasteiger partial charge in [0.1, 0.15) is 11.5 Å². The molecule has 1 aromatic heterocycles. The van der Waals surface area contributed by atoms with Crippen LogP contribution < -0.4 is 5.32 Å². The van der Waals surface area contributed by atoms with Crippen molar-refractivity contribution in [1.29, 1.82) is 0 Å². The molecule has 19 heavy (non-hydrogen) atoms. The molecule has 3 rings (SSSR count). The van der Waals surface area contributed by atoms with Gasteiger partial charge in [0.2, 0.25) is 0 Å². The van der Waals surface area contributed by atoms with Crippen LogP contribution >= 0.6 is 0 Å². The molecular weight excluding hydrogens is 238 g/mol. The highest BCUT2D eigenvalue weighted by Gasteiger charge is 2.30. The molecular formula is C15H25N3O. The molecule has 0 spiro atoms. The monoisotopic (exact) mass is 263 g/mol. The maximum atomic E-state index is 5.89.